The van der Waals surface area contributed by atoms with E-state index in [0.717, 1.165) is 19.1 Å². The summed E-state index contributed by atoms with van der Waals surface area (Å²) in [6, 6.07) is 5.52. The summed E-state index contributed by atoms with van der Waals surface area (Å²) in [5, 5.41) is 0. The van der Waals surface area contributed by atoms with Crippen LogP contribution in [0.4, 0.5) is 0 Å². The first-order chi connectivity index (χ1) is 8.32. The van der Waals surface area contributed by atoms with Crippen LogP contribution in [-0.2, 0) is 19.9 Å². The molecule has 1 heterocycles. The highest BCUT2D eigenvalue weighted by molar-refractivity contribution is 7.91. The second-order valence-electron chi connectivity index (χ2n) is 4.36. The van der Waals surface area contributed by atoms with Crippen LogP contribution < -0.4 is 0 Å². The van der Waals surface area contributed by atoms with Gasteiger partial charge in [-0.2, -0.15) is 4.31 Å². The van der Waals surface area contributed by atoms with Gasteiger partial charge in [0.1, 0.15) is 0 Å². The van der Waals surface area contributed by atoms with Gasteiger partial charge in [0.05, 0.1) is 9.79 Å². The fourth-order valence-corrected chi connectivity index (χ4v) is 4.25. The van der Waals surface area contributed by atoms with Crippen molar-refractivity contribution in [2.24, 2.45) is 0 Å². The van der Waals surface area contributed by atoms with E-state index in [-0.39, 0.29) is 9.79 Å². The van der Waals surface area contributed by atoms with E-state index in [2.05, 4.69) is 0 Å². The molecule has 0 unspecified atom stereocenters. The van der Waals surface area contributed by atoms with Crippen molar-refractivity contribution in [2.45, 2.75) is 22.6 Å². The van der Waals surface area contributed by atoms with Gasteiger partial charge in [-0.1, -0.05) is 6.07 Å². The van der Waals surface area contributed by atoms with Gasteiger partial charge in [-0.3, -0.25) is 0 Å². The average molecular weight is 289 g/mol. The molecule has 0 saturated carbocycles. The largest absolute Gasteiger partial charge is 0.243 e. The standard InChI is InChI=1S/C11H15NO4S2/c1-17(13,14)10-5-4-6-11(9-10)18(15,16)12-7-2-3-8-12/h4-6,9H,2-3,7-8H2,1H3. The first kappa shape index (κ1) is 13.5. The molecule has 5 nitrogen and oxygen atoms in total. The molecule has 1 aliphatic heterocycles. The molecule has 1 aromatic rings. The van der Waals surface area contributed by atoms with Crippen LogP contribution in [-0.4, -0.2) is 40.5 Å². The molecule has 0 bridgehead atoms. The first-order valence-electron chi connectivity index (χ1n) is 5.62. The van der Waals surface area contributed by atoms with Crippen LogP contribution in [0.2, 0.25) is 0 Å². The molecule has 0 aromatic heterocycles. The van der Waals surface area contributed by atoms with Crippen molar-refractivity contribution in [2.75, 3.05) is 19.3 Å². The van der Waals surface area contributed by atoms with Gasteiger partial charge >= 0.3 is 0 Å². The Labute approximate surface area is 107 Å². The molecule has 1 saturated heterocycles. The van der Waals surface area contributed by atoms with E-state index >= 15 is 0 Å². The summed E-state index contributed by atoms with van der Waals surface area (Å²) in [6.45, 7) is 1.01. The third-order valence-electron chi connectivity index (χ3n) is 2.94. The molecule has 1 aliphatic rings. The van der Waals surface area contributed by atoms with Gasteiger partial charge in [-0.15, -0.1) is 0 Å². The smallest absolute Gasteiger partial charge is 0.224 e. The van der Waals surface area contributed by atoms with Crippen molar-refractivity contribution in [3.05, 3.63) is 24.3 Å². The maximum Gasteiger partial charge on any atom is 0.243 e. The monoisotopic (exact) mass is 289 g/mol. The molecule has 0 spiro atoms. The Morgan fingerprint density at radius 1 is 1.00 bits per heavy atom. The lowest BCUT2D eigenvalue weighted by Gasteiger charge is -2.15. The van der Waals surface area contributed by atoms with E-state index in [1.54, 1.807) is 0 Å². The molecule has 0 amide bonds. The summed E-state index contributed by atoms with van der Waals surface area (Å²) in [5.41, 5.74) is 0. The molecule has 0 radical (unpaired) electrons. The van der Waals surface area contributed by atoms with Crippen LogP contribution in [0.3, 0.4) is 0 Å². The maximum absolute atomic E-state index is 12.2. The highest BCUT2D eigenvalue weighted by Gasteiger charge is 2.27. The molecule has 1 fully saturated rings. The normalized spacial score (nSPS) is 18.1. The average Bonchev–Trinajstić information content (AvgIpc) is 2.82. The van der Waals surface area contributed by atoms with E-state index in [9.17, 15) is 16.8 Å². The molecule has 0 aliphatic carbocycles. The predicted molar refractivity (Wildman–Crippen MR) is 67.5 cm³/mol. The molecule has 0 N–H and O–H groups in total. The highest BCUT2D eigenvalue weighted by atomic mass is 32.2. The summed E-state index contributed by atoms with van der Waals surface area (Å²) in [5.74, 6) is 0. The highest BCUT2D eigenvalue weighted by Crippen LogP contribution is 2.22. The first-order valence-corrected chi connectivity index (χ1v) is 8.95. The summed E-state index contributed by atoms with van der Waals surface area (Å²) < 4.78 is 48.7. The van der Waals surface area contributed by atoms with E-state index < -0.39 is 19.9 Å². The molecule has 1 aromatic carbocycles. The van der Waals surface area contributed by atoms with Crippen molar-refractivity contribution in [3.63, 3.8) is 0 Å². The molecule has 0 atom stereocenters. The minimum Gasteiger partial charge on any atom is -0.224 e. The maximum atomic E-state index is 12.2. The topological polar surface area (TPSA) is 71.5 Å². The Morgan fingerprint density at radius 3 is 2.11 bits per heavy atom. The molecular weight excluding hydrogens is 274 g/mol. The Kier molecular flexibility index (Phi) is 3.48. The summed E-state index contributed by atoms with van der Waals surface area (Å²) in [6.07, 6.45) is 2.77. The van der Waals surface area contributed by atoms with Crippen LogP contribution >= 0.6 is 0 Å². The lowest BCUT2D eigenvalue weighted by molar-refractivity contribution is 0.477. The number of nitrogens with zero attached hydrogens (tertiary/aromatic N) is 1. The van der Waals surface area contributed by atoms with Crippen molar-refractivity contribution in [1.29, 1.82) is 0 Å². The zero-order chi connectivity index (χ0) is 13.4. The van der Waals surface area contributed by atoms with Crippen molar-refractivity contribution in [1.82, 2.24) is 4.31 Å². The number of hydrogen-bond donors (Lipinski definition) is 0. The number of hydrogen-bond acceptors (Lipinski definition) is 4. The number of rotatable bonds is 3. The summed E-state index contributed by atoms with van der Waals surface area (Å²) >= 11 is 0. The molecule has 7 heteroatoms. The van der Waals surface area contributed by atoms with Gasteiger partial charge in [0.2, 0.25) is 10.0 Å². The SMILES string of the molecule is CS(=O)(=O)c1cccc(S(=O)(=O)N2CCCC2)c1. The Bertz CT molecular complexity index is 643. The molecule has 2 rings (SSSR count). The van der Waals surface area contributed by atoms with Crippen molar-refractivity contribution >= 4 is 19.9 Å². The van der Waals surface area contributed by atoms with Crippen molar-refractivity contribution in [3.8, 4) is 0 Å². The van der Waals surface area contributed by atoms with Crippen LogP contribution in [0.1, 0.15) is 12.8 Å². The lowest BCUT2D eigenvalue weighted by Crippen LogP contribution is -2.27. The molecule has 100 valence electrons. The molecule has 18 heavy (non-hydrogen) atoms. The van der Waals surface area contributed by atoms with Gasteiger partial charge in [0.15, 0.2) is 9.84 Å². The summed E-state index contributed by atoms with van der Waals surface area (Å²) in [7, 11) is -6.94. The van der Waals surface area contributed by atoms with E-state index in [1.165, 1.54) is 28.6 Å². The fourth-order valence-electron chi connectivity index (χ4n) is 1.94. The van der Waals surface area contributed by atoms with Crippen molar-refractivity contribution < 1.29 is 16.8 Å². The van der Waals surface area contributed by atoms with Gasteiger partial charge < -0.3 is 0 Å². The fraction of sp³-hybridized carbons (Fsp3) is 0.455. The Balaban J connectivity index is 2.45. The minimum atomic E-state index is -3.55. The Morgan fingerprint density at radius 2 is 1.56 bits per heavy atom. The van der Waals surface area contributed by atoms with Gasteiger partial charge in [0, 0.05) is 19.3 Å². The lowest BCUT2D eigenvalue weighted by atomic mass is 10.4. The van der Waals surface area contributed by atoms with Crippen LogP contribution in [0.5, 0.6) is 0 Å². The van der Waals surface area contributed by atoms with Gasteiger partial charge in [-0.25, -0.2) is 16.8 Å². The van der Waals surface area contributed by atoms with E-state index in [4.69, 9.17) is 0 Å². The molecular formula is C11H15NO4S2. The number of benzene rings is 1. The quantitative estimate of drug-likeness (QED) is 0.828. The van der Waals surface area contributed by atoms with Crippen LogP contribution in [0, 0.1) is 0 Å². The summed E-state index contributed by atoms with van der Waals surface area (Å²) in [4.78, 5) is 0.0788. The Hall–Kier alpha value is -0.920. The van der Waals surface area contributed by atoms with E-state index in [0.29, 0.717) is 13.1 Å². The third-order valence-corrected chi connectivity index (χ3v) is 5.94. The van der Waals surface area contributed by atoms with Gasteiger partial charge in [-0.05, 0) is 31.0 Å². The number of sulfonamides is 1. The minimum absolute atomic E-state index is 0.0303. The van der Waals surface area contributed by atoms with Gasteiger partial charge in [0.25, 0.3) is 0 Å². The van der Waals surface area contributed by atoms with Crippen LogP contribution in [0.25, 0.3) is 0 Å². The second-order valence-corrected chi connectivity index (χ2v) is 8.31. The predicted octanol–water partition coefficient (Wildman–Crippen LogP) is 0.875. The zero-order valence-corrected chi connectivity index (χ0v) is 11.7. The van der Waals surface area contributed by atoms with E-state index in [1.807, 2.05) is 0 Å². The third kappa shape index (κ3) is 2.57. The second kappa shape index (κ2) is 4.64. The number of sulfone groups is 1. The van der Waals surface area contributed by atoms with Crippen LogP contribution in [0.15, 0.2) is 34.1 Å². The zero-order valence-electron chi connectivity index (χ0n) is 10.0.